The zero-order valence-corrected chi connectivity index (χ0v) is 19.0. The first kappa shape index (κ1) is 20.4. The fraction of sp³-hybridized carbons (Fsp3) is 0.200. The Labute approximate surface area is 185 Å². The van der Waals surface area contributed by atoms with E-state index in [9.17, 15) is 4.79 Å². The van der Waals surface area contributed by atoms with Gasteiger partial charge in [-0.2, -0.15) is 5.10 Å². The van der Waals surface area contributed by atoms with Crippen molar-refractivity contribution in [2.45, 2.75) is 22.9 Å². The molecule has 27 heavy (non-hydrogen) atoms. The summed E-state index contributed by atoms with van der Waals surface area (Å²) in [4.78, 5) is 12.2. The van der Waals surface area contributed by atoms with Crippen molar-refractivity contribution >= 4 is 55.9 Å². The summed E-state index contributed by atoms with van der Waals surface area (Å²) in [6.07, 6.45) is 0. The minimum atomic E-state index is -0.297. The molecule has 0 fully saturated rings. The Kier molecular flexibility index (Phi) is 6.94. The maximum Gasteiger partial charge on any atom is 0.206 e. The minimum absolute atomic E-state index is 0.0518. The van der Waals surface area contributed by atoms with Crippen LogP contribution in [0.1, 0.15) is 27.3 Å². The number of halogens is 3. The summed E-state index contributed by atoms with van der Waals surface area (Å²) in [5, 5.41) is 5.08. The molecule has 0 bridgehead atoms. The molecule has 3 rings (SSSR count). The summed E-state index contributed by atoms with van der Waals surface area (Å²) >= 11 is 11.5. The van der Waals surface area contributed by atoms with Crippen molar-refractivity contribution in [2.75, 3.05) is 0 Å². The number of nitrogens with zero attached hydrogens (tertiary/aromatic N) is 2. The van der Waals surface area contributed by atoms with Crippen LogP contribution in [0.2, 0.25) is 5.02 Å². The Bertz CT molecular complexity index is 944. The standard InChI is InChI=1S/C20H17BrClIN2O2/c1-13-9-17(19(26)20(21)23)24-25(13)11-15-10-16(22)7-8-18(15)27-12-14-5-3-2-4-6-14/h2-10,20H,11-12H2,1H3. The minimum Gasteiger partial charge on any atom is -0.489 e. The number of hydrogen-bond acceptors (Lipinski definition) is 3. The van der Waals surface area contributed by atoms with Gasteiger partial charge in [0.15, 0.2) is 0 Å². The second-order valence-electron chi connectivity index (χ2n) is 6.02. The summed E-state index contributed by atoms with van der Waals surface area (Å²) in [5.41, 5.74) is 3.34. The first-order valence-electron chi connectivity index (χ1n) is 8.26. The van der Waals surface area contributed by atoms with Crippen molar-refractivity contribution in [3.8, 4) is 5.75 Å². The molecule has 3 aromatic rings. The highest BCUT2D eigenvalue weighted by atomic mass is 127. The van der Waals surface area contributed by atoms with Gasteiger partial charge in [-0.1, -0.05) is 80.5 Å². The molecule has 0 spiro atoms. The van der Waals surface area contributed by atoms with Crippen molar-refractivity contribution in [3.05, 3.63) is 82.1 Å². The molecule has 4 nitrogen and oxygen atoms in total. The number of ketones is 1. The molecule has 0 aliphatic rings. The highest BCUT2D eigenvalue weighted by Crippen LogP contribution is 2.26. The number of benzene rings is 2. The van der Waals surface area contributed by atoms with E-state index in [1.807, 2.05) is 78.0 Å². The van der Waals surface area contributed by atoms with Gasteiger partial charge in [-0.05, 0) is 36.8 Å². The molecule has 1 unspecified atom stereocenters. The maximum atomic E-state index is 12.2. The monoisotopic (exact) mass is 558 g/mol. The lowest BCUT2D eigenvalue weighted by molar-refractivity contribution is 0.101. The molecule has 0 N–H and O–H groups in total. The van der Waals surface area contributed by atoms with E-state index < -0.39 is 0 Å². The van der Waals surface area contributed by atoms with E-state index in [0.29, 0.717) is 23.9 Å². The van der Waals surface area contributed by atoms with Crippen LogP contribution in [0.25, 0.3) is 0 Å². The fourth-order valence-electron chi connectivity index (χ4n) is 2.61. The molecule has 0 amide bonds. The van der Waals surface area contributed by atoms with Gasteiger partial charge in [-0.25, -0.2) is 0 Å². The number of aryl methyl sites for hydroxylation is 1. The van der Waals surface area contributed by atoms with E-state index in [-0.39, 0.29) is 8.62 Å². The smallest absolute Gasteiger partial charge is 0.206 e. The van der Waals surface area contributed by atoms with Crippen LogP contribution in [0.5, 0.6) is 5.75 Å². The summed E-state index contributed by atoms with van der Waals surface area (Å²) in [7, 11) is 0. The fourth-order valence-corrected chi connectivity index (χ4v) is 3.36. The second-order valence-corrected chi connectivity index (χ2v) is 10.3. The molecular formula is C20H17BrClIN2O2. The van der Waals surface area contributed by atoms with Crippen LogP contribution in [0, 0.1) is 6.92 Å². The normalized spacial score (nSPS) is 12.0. The number of carbonyl (C=O) groups is 1. The molecule has 1 aromatic heterocycles. The van der Waals surface area contributed by atoms with Crippen LogP contribution in [-0.2, 0) is 13.2 Å². The highest BCUT2D eigenvalue weighted by Gasteiger charge is 2.18. The lowest BCUT2D eigenvalue weighted by Gasteiger charge is -2.13. The highest BCUT2D eigenvalue weighted by molar-refractivity contribution is 14.1. The van der Waals surface area contributed by atoms with Gasteiger partial charge in [0.2, 0.25) is 5.78 Å². The number of Topliss-reactive ketones (excluding diaryl/α,β-unsaturated/α-hetero) is 1. The van der Waals surface area contributed by atoms with Crippen LogP contribution >= 0.6 is 50.1 Å². The van der Waals surface area contributed by atoms with Crippen LogP contribution in [0.4, 0.5) is 0 Å². The molecule has 0 radical (unpaired) electrons. The third kappa shape index (κ3) is 5.33. The molecule has 2 aromatic carbocycles. The lowest BCUT2D eigenvalue weighted by Crippen LogP contribution is -2.10. The Morgan fingerprint density at radius 3 is 2.70 bits per heavy atom. The van der Waals surface area contributed by atoms with Crippen molar-refractivity contribution < 1.29 is 9.53 Å². The van der Waals surface area contributed by atoms with Gasteiger partial charge in [0, 0.05) is 16.3 Å². The number of alkyl halides is 2. The van der Waals surface area contributed by atoms with Crippen LogP contribution in [0.3, 0.4) is 0 Å². The van der Waals surface area contributed by atoms with Gasteiger partial charge in [-0.15, -0.1) is 0 Å². The molecule has 0 saturated carbocycles. The second kappa shape index (κ2) is 9.21. The zero-order chi connectivity index (χ0) is 19.4. The first-order valence-corrected chi connectivity index (χ1v) is 10.8. The average molecular weight is 560 g/mol. The SMILES string of the molecule is Cc1cc(C(=O)C(Br)I)nn1Cc1cc(Cl)ccc1OCc1ccccc1. The third-order valence-electron chi connectivity index (χ3n) is 4.01. The zero-order valence-electron chi connectivity index (χ0n) is 14.5. The molecule has 7 heteroatoms. The van der Waals surface area contributed by atoms with E-state index in [4.69, 9.17) is 16.3 Å². The molecule has 0 aliphatic carbocycles. The molecule has 1 atom stereocenters. The number of ether oxygens (including phenoxy) is 1. The largest absolute Gasteiger partial charge is 0.489 e. The number of aromatic nitrogens is 2. The molecule has 0 saturated heterocycles. The Balaban J connectivity index is 1.82. The maximum absolute atomic E-state index is 12.2. The lowest BCUT2D eigenvalue weighted by atomic mass is 10.2. The van der Waals surface area contributed by atoms with Crippen molar-refractivity contribution in [3.63, 3.8) is 0 Å². The van der Waals surface area contributed by atoms with E-state index in [1.165, 1.54) is 0 Å². The first-order chi connectivity index (χ1) is 12.9. The molecule has 0 aliphatic heterocycles. The van der Waals surface area contributed by atoms with Gasteiger partial charge >= 0.3 is 0 Å². The molecule has 1 heterocycles. The Hall–Kier alpha value is -1.38. The van der Waals surface area contributed by atoms with Crippen LogP contribution < -0.4 is 4.74 Å². The third-order valence-corrected chi connectivity index (χ3v) is 5.23. The van der Waals surface area contributed by atoms with Crippen molar-refractivity contribution in [1.82, 2.24) is 9.78 Å². The Morgan fingerprint density at radius 1 is 1.26 bits per heavy atom. The summed E-state index contributed by atoms with van der Waals surface area (Å²) in [6.45, 7) is 2.87. The van der Waals surface area contributed by atoms with Gasteiger partial charge in [0.05, 0.1) is 6.54 Å². The number of carbonyl (C=O) groups excluding carboxylic acids is 1. The van der Waals surface area contributed by atoms with E-state index in [2.05, 4.69) is 21.0 Å². The predicted molar refractivity (Wildman–Crippen MR) is 119 cm³/mol. The average Bonchev–Trinajstić information content (AvgIpc) is 3.01. The number of rotatable bonds is 7. The summed E-state index contributed by atoms with van der Waals surface area (Å²) in [6, 6.07) is 17.3. The van der Waals surface area contributed by atoms with Gasteiger partial charge < -0.3 is 4.74 Å². The van der Waals surface area contributed by atoms with Gasteiger partial charge in [-0.3, -0.25) is 9.48 Å². The van der Waals surface area contributed by atoms with Crippen LogP contribution in [0.15, 0.2) is 54.6 Å². The van der Waals surface area contributed by atoms with Crippen molar-refractivity contribution in [1.29, 1.82) is 0 Å². The number of hydrogen-bond donors (Lipinski definition) is 0. The topological polar surface area (TPSA) is 44.1 Å². The molecular weight excluding hydrogens is 542 g/mol. The predicted octanol–water partition coefficient (Wildman–Crippen LogP) is 5.81. The quantitative estimate of drug-likeness (QED) is 0.209. The van der Waals surface area contributed by atoms with Gasteiger partial charge in [0.1, 0.15) is 20.9 Å². The molecule has 140 valence electrons. The van der Waals surface area contributed by atoms with E-state index in [1.54, 1.807) is 10.7 Å². The summed E-state index contributed by atoms with van der Waals surface area (Å²) in [5.74, 6) is 0.697. The van der Waals surface area contributed by atoms with Gasteiger partial charge in [0.25, 0.3) is 0 Å². The summed E-state index contributed by atoms with van der Waals surface area (Å²) < 4.78 is 7.50. The Morgan fingerprint density at radius 2 is 2.00 bits per heavy atom. The van der Waals surface area contributed by atoms with Crippen LogP contribution in [-0.4, -0.2) is 18.4 Å². The van der Waals surface area contributed by atoms with E-state index >= 15 is 0 Å². The van der Waals surface area contributed by atoms with E-state index in [0.717, 1.165) is 22.6 Å². The van der Waals surface area contributed by atoms with Crippen molar-refractivity contribution in [2.24, 2.45) is 0 Å².